The molecule has 0 bridgehead atoms. The van der Waals surface area contributed by atoms with Gasteiger partial charge in [0.1, 0.15) is 5.82 Å². The quantitative estimate of drug-likeness (QED) is 0.723. The minimum Gasteiger partial charge on any atom is -0.365 e. The molecule has 2 aromatic heterocycles. The minimum atomic E-state index is -0.182. The first-order valence-electron chi connectivity index (χ1n) is 9.39. The van der Waals surface area contributed by atoms with Gasteiger partial charge in [-0.3, -0.25) is 5.10 Å². The van der Waals surface area contributed by atoms with Crippen LogP contribution in [-0.4, -0.2) is 26.6 Å². The van der Waals surface area contributed by atoms with E-state index in [1.807, 2.05) is 19.1 Å². The van der Waals surface area contributed by atoms with Gasteiger partial charge in [0.25, 0.3) is 0 Å². The molecule has 0 atom stereocenters. The number of nitrogens with zero attached hydrogens (tertiary/aromatic N) is 2. The fourth-order valence-electron chi connectivity index (χ4n) is 4.22. The number of nitrogens with one attached hydrogen (secondary N) is 2. The van der Waals surface area contributed by atoms with E-state index < -0.39 is 0 Å². The van der Waals surface area contributed by atoms with Gasteiger partial charge in [-0.1, -0.05) is 13.0 Å². The van der Waals surface area contributed by atoms with Crippen molar-refractivity contribution in [1.29, 1.82) is 0 Å². The van der Waals surface area contributed by atoms with Gasteiger partial charge in [-0.15, -0.1) is 0 Å². The fraction of sp³-hybridized carbons (Fsp3) is 0.381. The van der Waals surface area contributed by atoms with Crippen LogP contribution in [0.5, 0.6) is 0 Å². The Balaban J connectivity index is 1.45. The van der Waals surface area contributed by atoms with Crippen molar-refractivity contribution < 1.29 is 4.39 Å². The number of aromatic nitrogens is 3. The van der Waals surface area contributed by atoms with Crippen molar-refractivity contribution in [2.24, 2.45) is 0 Å². The van der Waals surface area contributed by atoms with Crippen LogP contribution in [0.1, 0.15) is 53.4 Å². The highest BCUT2D eigenvalue weighted by atomic mass is 19.1. The van der Waals surface area contributed by atoms with Crippen LogP contribution >= 0.6 is 0 Å². The topological polar surface area (TPSA) is 47.7 Å². The standard InChI is InChI=1S/C21H23FN4/c1-12-8-17(22)15-10-19(23-20(15)9-12)13(2)26-7-6-18-16(11-26)21(25-24-18)14-4-3-5-14/h8-10,14,23H,2-7,11H2,1H3,(H,24,25). The third-order valence-electron chi connectivity index (χ3n) is 5.98. The molecular weight excluding hydrogens is 327 g/mol. The molecule has 4 nitrogen and oxygen atoms in total. The largest absolute Gasteiger partial charge is 0.365 e. The Hall–Kier alpha value is -2.56. The van der Waals surface area contributed by atoms with E-state index in [2.05, 4.69) is 26.7 Å². The summed E-state index contributed by atoms with van der Waals surface area (Å²) in [5.41, 5.74) is 7.43. The molecule has 0 spiro atoms. The summed E-state index contributed by atoms with van der Waals surface area (Å²) in [6, 6.07) is 5.44. The Morgan fingerprint density at radius 2 is 2.15 bits per heavy atom. The second-order valence-electron chi connectivity index (χ2n) is 7.70. The van der Waals surface area contributed by atoms with E-state index in [-0.39, 0.29) is 5.82 Å². The number of rotatable bonds is 3. The lowest BCUT2D eigenvalue weighted by atomic mass is 9.80. The molecule has 134 valence electrons. The maximum Gasteiger partial charge on any atom is 0.132 e. The van der Waals surface area contributed by atoms with Crippen LogP contribution in [0.2, 0.25) is 0 Å². The van der Waals surface area contributed by atoms with Crippen molar-refractivity contribution in [3.05, 3.63) is 58.8 Å². The SMILES string of the molecule is C=C(c1cc2c(F)cc(C)cc2[nH]1)N1CCc2[nH]nc(C3CCC3)c2C1. The van der Waals surface area contributed by atoms with E-state index in [1.165, 1.54) is 36.2 Å². The van der Waals surface area contributed by atoms with Crippen molar-refractivity contribution >= 4 is 16.6 Å². The fourth-order valence-corrected chi connectivity index (χ4v) is 4.22. The molecule has 26 heavy (non-hydrogen) atoms. The predicted octanol–water partition coefficient (Wildman–Crippen LogP) is 4.64. The van der Waals surface area contributed by atoms with Crippen LogP contribution in [0.25, 0.3) is 16.6 Å². The Morgan fingerprint density at radius 3 is 2.92 bits per heavy atom. The van der Waals surface area contributed by atoms with Gasteiger partial charge in [0, 0.05) is 47.6 Å². The second-order valence-corrected chi connectivity index (χ2v) is 7.70. The lowest BCUT2D eigenvalue weighted by Crippen LogP contribution is -2.29. The third kappa shape index (κ3) is 2.37. The molecular formula is C21H23FN4. The zero-order valence-corrected chi connectivity index (χ0v) is 15.0. The van der Waals surface area contributed by atoms with E-state index in [0.29, 0.717) is 11.3 Å². The van der Waals surface area contributed by atoms with Gasteiger partial charge in [-0.05, 0) is 43.5 Å². The van der Waals surface area contributed by atoms with E-state index >= 15 is 0 Å². The van der Waals surface area contributed by atoms with Gasteiger partial charge in [-0.25, -0.2) is 4.39 Å². The first kappa shape index (κ1) is 15.7. The summed E-state index contributed by atoms with van der Waals surface area (Å²) in [6.07, 6.45) is 4.75. The molecule has 3 aromatic rings. The first-order valence-corrected chi connectivity index (χ1v) is 9.39. The third-order valence-corrected chi connectivity index (χ3v) is 5.98. The summed E-state index contributed by atoms with van der Waals surface area (Å²) < 4.78 is 14.2. The highest BCUT2D eigenvalue weighted by molar-refractivity contribution is 5.85. The molecule has 0 saturated heterocycles. The number of benzene rings is 1. The van der Waals surface area contributed by atoms with Gasteiger partial charge in [0.05, 0.1) is 17.1 Å². The summed E-state index contributed by atoms with van der Waals surface area (Å²) in [6.45, 7) is 7.94. The van der Waals surface area contributed by atoms with E-state index in [1.54, 1.807) is 6.07 Å². The summed E-state index contributed by atoms with van der Waals surface area (Å²) in [5, 5.41) is 8.48. The van der Waals surface area contributed by atoms with Crippen LogP contribution in [-0.2, 0) is 13.0 Å². The van der Waals surface area contributed by atoms with Crippen molar-refractivity contribution in [3.63, 3.8) is 0 Å². The number of hydrogen-bond donors (Lipinski definition) is 2. The number of H-pyrrole nitrogens is 2. The summed E-state index contributed by atoms with van der Waals surface area (Å²) in [4.78, 5) is 5.63. The average molecular weight is 350 g/mol. The van der Waals surface area contributed by atoms with Gasteiger partial charge in [0.2, 0.25) is 0 Å². The van der Waals surface area contributed by atoms with Crippen LogP contribution in [0.3, 0.4) is 0 Å². The maximum absolute atomic E-state index is 14.2. The highest BCUT2D eigenvalue weighted by Gasteiger charge is 2.30. The first-order chi connectivity index (χ1) is 12.6. The van der Waals surface area contributed by atoms with E-state index in [4.69, 9.17) is 0 Å². The maximum atomic E-state index is 14.2. The van der Waals surface area contributed by atoms with Crippen LogP contribution < -0.4 is 0 Å². The van der Waals surface area contributed by atoms with Gasteiger partial charge in [-0.2, -0.15) is 5.10 Å². The summed E-state index contributed by atoms with van der Waals surface area (Å²) in [7, 11) is 0. The normalized spacial score (nSPS) is 17.4. The van der Waals surface area contributed by atoms with Crippen LogP contribution in [0.4, 0.5) is 4.39 Å². The van der Waals surface area contributed by atoms with Gasteiger partial charge < -0.3 is 9.88 Å². The van der Waals surface area contributed by atoms with Crippen molar-refractivity contribution in [2.75, 3.05) is 6.54 Å². The van der Waals surface area contributed by atoms with Crippen molar-refractivity contribution in [2.45, 2.75) is 45.1 Å². The van der Waals surface area contributed by atoms with Crippen LogP contribution in [0, 0.1) is 12.7 Å². The van der Waals surface area contributed by atoms with Gasteiger partial charge >= 0.3 is 0 Å². The number of halogens is 1. The van der Waals surface area contributed by atoms with E-state index in [9.17, 15) is 4.39 Å². The Labute approximate surface area is 152 Å². The molecule has 3 heterocycles. The molecule has 1 saturated carbocycles. The molecule has 0 amide bonds. The lowest BCUT2D eigenvalue weighted by molar-refractivity contribution is 0.360. The Kier molecular flexibility index (Phi) is 3.45. The number of aromatic amines is 2. The van der Waals surface area contributed by atoms with Crippen molar-refractivity contribution in [3.8, 4) is 0 Å². The summed E-state index contributed by atoms with van der Waals surface area (Å²) >= 11 is 0. The zero-order valence-electron chi connectivity index (χ0n) is 15.0. The predicted molar refractivity (Wildman–Crippen MR) is 101 cm³/mol. The van der Waals surface area contributed by atoms with Gasteiger partial charge in [0.15, 0.2) is 0 Å². The molecule has 2 N–H and O–H groups in total. The Bertz CT molecular complexity index is 1010. The second kappa shape index (κ2) is 5.73. The molecule has 1 aromatic carbocycles. The molecule has 5 rings (SSSR count). The molecule has 2 aliphatic rings. The minimum absolute atomic E-state index is 0.182. The van der Waals surface area contributed by atoms with E-state index in [0.717, 1.165) is 42.0 Å². The lowest BCUT2D eigenvalue weighted by Gasteiger charge is -2.32. The molecule has 1 aliphatic carbocycles. The molecule has 1 aliphatic heterocycles. The highest BCUT2D eigenvalue weighted by Crippen LogP contribution is 2.39. The zero-order chi connectivity index (χ0) is 17.8. The van der Waals surface area contributed by atoms with Crippen LogP contribution in [0.15, 0.2) is 24.8 Å². The number of hydrogen-bond acceptors (Lipinski definition) is 2. The number of aryl methyl sites for hydroxylation is 1. The monoisotopic (exact) mass is 350 g/mol. The molecule has 5 heteroatoms. The van der Waals surface area contributed by atoms with Crippen molar-refractivity contribution in [1.82, 2.24) is 20.1 Å². The average Bonchev–Trinajstić information content (AvgIpc) is 3.17. The molecule has 1 fully saturated rings. The number of fused-ring (bicyclic) bond motifs is 2. The smallest absolute Gasteiger partial charge is 0.132 e. The Morgan fingerprint density at radius 1 is 1.31 bits per heavy atom. The molecule has 0 radical (unpaired) electrons. The molecule has 0 unspecified atom stereocenters. The summed E-state index contributed by atoms with van der Waals surface area (Å²) in [5.74, 6) is 0.437.